The molecule has 2 unspecified atom stereocenters. The van der Waals surface area contributed by atoms with E-state index in [-0.39, 0.29) is 17.8 Å². The van der Waals surface area contributed by atoms with Crippen LogP contribution in [0.2, 0.25) is 0 Å². The van der Waals surface area contributed by atoms with Gasteiger partial charge in [-0.05, 0) is 34.8 Å². The highest BCUT2D eigenvalue weighted by Crippen LogP contribution is 2.35. The molecule has 0 bridgehead atoms. The average molecular weight is 390 g/mol. The van der Waals surface area contributed by atoms with Crippen molar-refractivity contribution in [3.8, 4) is 0 Å². The summed E-state index contributed by atoms with van der Waals surface area (Å²) in [6, 6.07) is 0.917. The molecular weight excluding hydrogens is 377 g/mol. The Bertz CT molecular complexity index is 410. The topological polar surface area (TPSA) is 24.9 Å². The molecule has 18 heavy (non-hydrogen) atoms. The Morgan fingerprint density at radius 2 is 2.00 bits per heavy atom. The number of anilines is 1. The van der Waals surface area contributed by atoms with Crippen LogP contribution in [0.25, 0.3) is 0 Å². The SMILES string of the molecule is CC(CBr)C(C)Nc1ncc(Br)cc1C(F)(F)F. The monoisotopic (exact) mass is 388 g/mol. The van der Waals surface area contributed by atoms with Gasteiger partial charge in [-0.2, -0.15) is 13.2 Å². The molecule has 0 radical (unpaired) electrons. The van der Waals surface area contributed by atoms with Gasteiger partial charge in [0.2, 0.25) is 0 Å². The standard InChI is InChI=1S/C11H13Br2F3N2/c1-6(4-12)7(2)18-10-9(11(14,15)16)3-8(13)5-17-10/h3,5-7H,4H2,1-2H3,(H,17,18). The normalized spacial score (nSPS) is 15.3. The highest BCUT2D eigenvalue weighted by Gasteiger charge is 2.35. The van der Waals surface area contributed by atoms with Crippen LogP contribution >= 0.6 is 31.9 Å². The largest absolute Gasteiger partial charge is 0.419 e. The highest BCUT2D eigenvalue weighted by molar-refractivity contribution is 9.10. The molecule has 0 aliphatic carbocycles. The number of aromatic nitrogens is 1. The summed E-state index contributed by atoms with van der Waals surface area (Å²) in [6.45, 7) is 3.77. The number of hydrogen-bond acceptors (Lipinski definition) is 2. The number of alkyl halides is 4. The fourth-order valence-electron chi connectivity index (χ4n) is 1.26. The molecule has 0 spiro atoms. The minimum absolute atomic E-state index is 0.112. The van der Waals surface area contributed by atoms with E-state index >= 15 is 0 Å². The van der Waals surface area contributed by atoms with E-state index in [9.17, 15) is 13.2 Å². The van der Waals surface area contributed by atoms with Gasteiger partial charge in [-0.15, -0.1) is 0 Å². The van der Waals surface area contributed by atoms with Crippen molar-refractivity contribution in [1.29, 1.82) is 0 Å². The molecule has 1 aromatic heterocycles. The van der Waals surface area contributed by atoms with E-state index in [0.29, 0.717) is 9.80 Å². The zero-order valence-electron chi connectivity index (χ0n) is 9.85. The molecule has 0 amide bonds. The van der Waals surface area contributed by atoms with Gasteiger partial charge in [0.15, 0.2) is 0 Å². The summed E-state index contributed by atoms with van der Waals surface area (Å²) in [5, 5.41) is 3.52. The maximum absolute atomic E-state index is 12.9. The summed E-state index contributed by atoms with van der Waals surface area (Å²) in [5.74, 6) is 0.0579. The lowest BCUT2D eigenvalue weighted by atomic mass is 10.1. The number of halogens is 5. The Hall–Kier alpha value is -0.300. The maximum atomic E-state index is 12.9. The number of rotatable bonds is 4. The summed E-state index contributed by atoms with van der Waals surface area (Å²) in [6.07, 6.45) is -3.07. The van der Waals surface area contributed by atoms with Gasteiger partial charge in [0, 0.05) is 22.0 Å². The van der Waals surface area contributed by atoms with E-state index in [0.717, 1.165) is 6.07 Å². The van der Waals surface area contributed by atoms with E-state index in [2.05, 4.69) is 42.2 Å². The van der Waals surface area contributed by atoms with Crippen LogP contribution in [0, 0.1) is 5.92 Å². The molecule has 0 aliphatic rings. The number of nitrogens with zero attached hydrogens (tertiary/aromatic N) is 1. The first kappa shape index (κ1) is 15.8. The minimum Gasteiger partial charge on any atom is -0.367 e. The maximum Gasteiger partial charge on any atom is 0.419 e. The van der Waals surface area contributed by atoms with Gasteiger partial charge in [0.25, 0.3) is 0 Å². The molecule has 0 fully saturated rings. The Kier molecular flexibility index (Phi) is 5.46. The highest BCUT2D eigenvalue weighted by atomic mass is 79.9. The molecule has 2 atom stereocenters. The Morgan fingerprint density at radius 1 is 1.39 bits per heavy atom. The van der Waals surface area contributed by atoms with Gasteiger partial charge in [-0.1, -0.05) is 22.9 Å². The fraction of sp³-hybridized carbons (Fsp3) is 0.545. The lowest BCUT2D eigenvalue weighted by Crippen LogP contribution is -2.27. The summed E-state index contributed by atoms with van der Waals surface area (Å²) in [5.41, 5.74) is -0.759. The molecule has 1 heterocycles. The van der Waals surface area contributed by atoms with Crippen molar-refractivity contribution >= 4 is 37.7 Å². The quantitative estimate of drug-likeness (QED) is 0.755. The molecule has 1 rings (SSSR count). The van der Waals surface area contributed by atoms with Gasteiger partial charge in [0.05, 0.1) is 5.56 Å². The second kappa shape index (κ2) is 6.23. The third-order valence-electron chi connectivity index (χ3n) is 2.62. The number of nitrogens with one attached hydrogen (secondary N) is 1. The van der Waals surface area contributed by atoms with Gasteiger partial charge in [0.1, 0.15) is 5.82 Å². The van der Waals surface area contributed by atoms with Crippen LogP contribution in [0.1, 0.15) is 19.4 Å². The van der Waals surface area contributed by atoms with E-state index in [1.54, 1.807) is 0 Å². The van der Waals surface area contributed by atoms with Crippen LogP contribution < -0.4 is 5.32 Å². The summed E-state index contributed by atoms with van der Waals surface area (Å²) >= 11 is 6.31. The van der Waals surface area contributed by atoms with Crippen LogP contribution in [0.3, 0.4) is 0 Å². The number of pyridine rings is 1. The molecule has 1 N–H and O–H groups in total. The molecule has 2 nitrogen and oxygen atoms in total. The van der Waals surface area contributed by atoms with Crippen molar-refractivity contribution < 1.29 is 13.2 Å². The lowest BCUT2D eigenvalue weighted by molar-refractivity contribution is -0.137. The van der Waals surface area contributed by atoms with Crippen LogP contribution in [-0.2, 0) is 6.18 Å². The van der Waals surface area contributed by atoms with Gasteiger partial charge in [-0.3, -0.25) is 0 Å². The van der Waals surface area contributed by atoms with E-state index < -0.39 is 11.7 Å². The lowest BCUT2D eigenvalue weighted by Gasteiger charge is -2.22. The second-order valence-corrected chi connectivity index (χ2v) is 5.68. The van der Waals surface area contributed by atoms with Crippen LogP contribution in [0.4, 0.5) is 19.0 Å². The summed E-state index contributed by atoms with van der Waals surface area (Å²) in [4.78, 5) is 3.81. The van der Waals surface area contributed by atoms with Crippen molar-refractivity contribution in [3.63, 3.8) is 0 Å². The second-order valence-electron chi connectivity index (χ2n) is 4.11. The Morgan fingerprint density at radius 3 is 2.50 bits per heavy atom. The predicted molar refractivity (Wildman–Crippen MR) is 73.0 cm³/mol. The zero-order valence-corrected chi connectivity index (χ0v) is 13.0. The first-order valence-electron chi connectivity index (χ1n) is 5.31. The predicted octanol–water partition coefficient (Wildman–Crippen LogP) is 4.69. The van der Waals surface area contributed by atoms with E-state index in [1.165, 1.54) is 6.20 Å². The summed E-state index contributed by atoms with van der Waals surface area (Å²) < 4.78 is 38.9. The molecule has 7 heteroatoms. The third-order valence-corrected chi connectivity index (χ3v) is 4.08. The van der Waals surface area contributed by atoms with Gasteiger partial charge in [-0.25, -0.2) is 4.98 Å². The Labute approximate surface area is 121 Å². The Balaban J connectivity index is 3.02. The molecule has 0 aromatic carbocycles. The van der Waals surface area contributed by atoms with Crippen LogP contribution in [0.5, 0.6) is 0 Å². The van der Waals surface area contributed by atoms with Crippen molar-refractivity contribution in [2.24, 2.45) is 5.92 Å². The van der Waals surface area contributed by atoms with Gasteiger partial charge >= 0.3 is 6.18 Å². The van der Waals surface area contributed by atoms with Crippen molar-refractivity contribution in [1.82, 2.24) is 4.98 Å². The molecule has 0 aliphatic heterocycles. The average Bonchev–Trinajstić information content (AvgIpc) is 2.28. The molecule has 102 valence electrons. The molecule has 0 saturated carbocycles. The first-order valence-corrected chi connectivity index (χ1v) is 7.22. The third kappa shape index (κ3) is 4.12. The molecule has 0 saturated heterocycles. The van der Waals surface area contributed by atoms with Crippen molar-refractivity contribution in [2.45, 2.75) is 26.1 Å². The fourth-order valence-corrected chi connectivity index (χ4v) is 2.15. The molecular formula is C11H13Br2F3N2. The van der Waals surface area contributed by atoms with Crippen molar-refractivity contribution in [2.75, 3.05) is 10.6 Å². The van der Waals surface area contributed by atoms with Crippen LogP contribution in [-0.4, -0.2) is 16.4 Å². The molecule has 1 aromatic rings. The minimum atomic E-state index is -4.42. The summed E-state index contributed by atoms with van der Waals surface area (Å²) in [7, 11) is 0. The van der Waals surface area contributed by atoms with Crippen molar-refractivity contribution in [3.05, 3.63) is 22.3 Å². The smallest absolute Gasteiger partial charge is 0.367 e. The first-order chi connectivity index (χ1) is 8.25. The van der Waals surface area contributed by atoms with E-state index in [4.69, 9.17) is 0 Å². The van der Waals surface area contributed by atoms with E-state index in [1.807, 2.05) is 13.8 Å². The zero-order chi connectivity index (χ0) is 13.9. The number of hydrogen-bond donors (Lipinski definition) is 1. The van der Waals surface area contributed by atoms with Gasteiger partial charge < -0.3 is 5.32 Å². The van der Waals surface area contributed by atoms with Crippen LogP contribution in [0.15, 0.2) is 16.7 Å².